The third-order valence-electron chi connectivity index (χ3n) is 6.57. The summed E-state index contributed by atoms with van der Waals surface area (Å²) in [5.74, 6) is 3.77. The van der Waals surface area contributed by atoms with E-state index in [1.807, 2.05) is 0 Å². The van der Waals surface area contributed by atoms with Gasteiger partial charge in [0.25, 0.3) is 0 Å². The lowest BCUT2D eigenvalue weighted by Crippen LogP contribution is -2.24. The van der Waals surface area contributed by atoms with Crippen LogP contribution in [0.2, 0.25) is 0 Å². The maximum atomic E-state index is 9.37. The third-order valence-corrected chi connectivity index (χ3v) is 6.57. The molecule has 2 aliphatic rings. The summed E-state index contributed by atoms with van der Waals surface area (Å²) in [5, 5.41) is 18.2. The molecule has 0 saturated heterocycles. The molecule has 3 heteroatoms. The minimum atomic E-state index is -0.740. The van der Waals surface area contributed by atoms with Crippen LogP contribution in [0.4, 0.5) is 0 Å². The molecule has 0 radical (unpaired) electrons. The van der Waals surface area contributed by atoms with Gasteiger partial charge in [-0.15, -0.1) is 0 Å². The van der Waals surface area contributed by atoms with E-state index in [0.29, 0.717) is 17.4 Å². The van der Waals surface area contributed by atoms with Crippen LogP contribution in [0.1, 0.15) is 79.6 Å². The van der Waals surface area contributed by atoms with Crippen LogP contribution in [0.3, 0.4) is 0 Å². The van der Waals surface area contributed by atoms with Gasteiger partial charge in [-0.25, -0.2) is 0 Å². The zero-order valence-corrected chi connectivity index (χ0v) is 17.3. The first-order chi connectivity index (χ1) is 11.6. The minimum Gasteiger partial charge on any atom is -0.394 e. The van der Waals surface area contributed by atoms with E-state index < -0.39 is 6.10 Å². The molecule has 0 aromatic carbocycles. The molecular weight excluding hydrogens is 312 g/mol. The van der Waals surface area contributed by atoms with E-state index in [1.54, 1.807) is 0 Å². The van der Waals surface area contributed by atoms with Gasteiger partial charge in [0, 0.05) is 6.61 Å². The van der Waals surface area contributed by atoms with Crippen molar-refractivity contribution in [3.8, 4) is 0 Å². The van der Waals surface area contributed by atoms with Crippen molar-refractivity contribution in [2.45, 2.75) is 85.7 Å². The summed E-state index contributed by atoms with van der Waals surface area (Å²) in [6.45, 7) is 12.6. The van der Waals surface area contributed by atoms with Gasteiger partial charge in [-0.05, 0) is 73.0 Å². The molecule has 5 unspecified atom stereocenters. The van der Waals surface area contributed by atoms with Crippen LogP contribution < -0.4 is 0 Å². The van der Waals surface area contributed by atoms with Gasteiger partial charge in [0.2, 0.25) is 0 Å². The Kier molecular flexibility index (Phi) is 7.38. The molecule has 2 rings (SSSR count). The number of fused-ring (bicyclic) bond motifs is 1. The predicted molar refractivity (Wildman–Crippen MR) is 103 cm³/mol. The molecule has 3 nitrogen and oxygen atoms in total. The Balaban J connectivity index is 1.83. The summed E-state index contributed by atoms with van der Waals surface area (Å²) in [6.07, 6.45) is 8.76. The molecular formula is C22H42O3. The zero-order chi connectivity index (χ0) is 18.7. The van der Waals surface area contributed by atoms with E-state index in [0.717, 1.165) is 30.1 Å². The molecule has 0 aromatic heterocycles. The highest BCUT2D eigenvalue weighted by Gasteiger charge is 2.47. The van der Waals surface area contributed by atoms with Gasteiger partial charge >= 0.3 is 0 Å². The Morgan fingerprint density at radius 1 is 1.00 bits per heavy atom. The lowest BCUT2D eigenvalue weighted by molar-refractivity contribution is -0.00280. The van der Waals surface area contributed by atoms with Gasteiger partial charge < -0.3 is 14.9 Å². The first kappa shape index (κ1) is 21.2. The summed E-state index contributed by atoms with van der Waals surface area (Å²) in [4.78, 5) is 0. The molecule has 5 atom stereocenters. The topological polar surface area (TPSA) is 49.7 Å². The van der Waals surface area contributed by atoms with E-state index >= 15 is 0 Å². The van der Waals surface area contributed by atoms with Crippen molar-refractivity contribution in [2.75, 3.05) is 19.8 Å². The lowest BCUT2D eigenvalue weighted by atomic mass is 9.76. The van der Waals surface area contributed by atoms with Crippen LogP contribution in [0.25, 0.3) is 0 Å². The highest BCUT2D eigenvalue weighted by Crippen LogP contribution is 2.56. The molecule has 2 aliphatic carbocycles. The molecule has 25 heavy (non-hydrogen) atoms. The van der Waals surface area contributed by atoms with Crippen molar-refractivity contribution in [2.24, 2.45) is 34.5 Å². The van der Waals surface area contributed by atoms with Gasteiger partial charge in [-0.3, -0.25) is 0 Å². The molecule has 0 spiro atoms. The Bertz CT molecular complexity index is 399. The zero-order valence-electron chi connectivity index (χ0n) is 17.3. The summed E-state index contributed by atoms with van der Waals surface area (Å²) in [6, 6.07) is 0. The van der Waals surface area contributed by atoms with Crippen molar-refractivity contribution in [3.05, 3.63) is 0 Å². The number of ether oxygens (including phenoxy) is 1. The summed E-state index contributed by atoms with van der Waals surface area (Å²) < 4.78 is 5.55. The molecule has 0 amide bonds. The summed E-state index contributed by atoms with van der Waals surface area (Å²) in [5.41, 5.74) is 0.738. The van der Waals surface area contributed by atoms with Crippen LogP contribution >= 0.6 is 0 Å². The third kappa shape index (κ3) is 6.52. The second-order valence-corrected chi connectivity index (χ2v) is 10.8. The fourth-order valence-corrected chi connectivity index (χ4v) is 5.61. The van der Waals surface area contributed by atoms with Crippen LogP contribution in [0, 0.1) is 34.5 Å². The minimum absolute atomic E-state index is 0.219. The molecule has 0 aromatic rings. The summed E-state index contributed by atoms with van der Waals surface area (Å²) in [7, 11) is 0. The standard InChI is InChI=1S/C22H42O3/c1-21(2,3)12-16-11-17(20-8-6-7-19(16)20)13-22(4,5)9-10-25-15-18(24)14-23/h16-20,23-24H,6-15H2,1-5H3. The molecule has 2 fully saturated rings. The number of hydrogen-bond donors (Lipinski definition) is 2. The fraction of sp³-hybridized carbons (Fsp3) is 1.00. The maximum Gasteiger partial charge on any atom is 0.100 e. The largest absolute Gasteiger partial charge is 0.394 e. The Labute approximate surface area is 155 Å². The van der Waals surface area contributed by atoms with Crippen LogP contribution in [-0.2, 0) is 4.74 Å². The van der Waals surface area contributed by atoms with E-state index in [-0.39, 0.29) is 13.2 Å². The molecule has 0 heterocycles. The van der Waals surface area contributed by atoms with Gasteiger partial charge in [0.1, 0.15) is 6.10 Å². The quantitative estimate of drug-likeness (QED) is 0.593. The van der Waals surface area contributed by atoms with Gasteiger partial charge in [-0.1, -0.05) is 41.0 Å². The lowest BCUT2D eigenvalue weighted by Gasteiger charge is -2.31. The highest BCUT2D eigenvalue weighted by molar-refractivity contribution is 4.97. The number of aliphatic hydroxyl groups is 2. The molecule has 2 N–H and O–H groups in total. The van der Waals surface area contributed by atoms with Crippen molar-refractivity contribution >= 4 is 0 Å². The van der Waals surface area contributed by atoms with Crippen LogP contribution in [0.15, 0.2) is 0 Å². The normalized spacial score (nSPS) is 31.3. The predicted octanol–water partition coefficient (Wildman–Crippen LogP) is 4.65. The smallest absolute Gasteiger partial charge is 0.100 e. The average molecular weight is 355 g/mol. The van der Waals surface area contributed by atoms with Crippen molar-refractivity contribution in [3.63, 3.8) is 0 Å². The van der Waals surface area contributed by atoms with Gasteiger partial charge in [0.15, 0.2) is 0 Å². The van der Waals surface area contributed by atoms with Gasteiger partial charge in [0.05, 0.1) is 13.2 Å². The number of rotatable bonds is 9. The molecule has 2 saturated carbocycles. The first-order valence-corrected chi connectivity index (χ1v) is 10.5. The molecule has 0 bridgehead atoms. The Morgan fingerprint density at radius 2 is 1.60 bits per heavy atom. The van der Waals surface area contributed by atoms with E-state index in [4.69, 9.17) is 9.84 Å². The molecule has 0 aliphatic heterocycles. The first-order valence-electron chi connectivity index (χ1n) is 10.5. The Morgan fingerprint density at radius 3 is 2.16 bits per heavy atom. The second kappa shape index (κ2) is 8.71. The van der Waals surface area contributed by atoms with E-state index in [9.17, 15) is 5.11 Å². The monoisotopic (exact) mass is 354 g/mol. The van der Waals surface area contributed by atoms with Gasteiger partial charge in [-0.2, -0.15) is 0 Å². The number of aliphatic hydroxyl groups excluding tert-OH is 2. The highest BCUT2D eigenvalue weighted by atomic mass is 16.5. The number of hydrogen-bond acceptors (Lipinski definition) is 3. The van der Waals surface area contributed by atoms with Crippen molar-refractivity contribution < 1.29 is 14.9 Å². The van der Waals surface area contributed by atoms with Crippen LogP contribution in [-0.4, -0.2) is 36.1 Å². The maximum absolute atomic E-state index is 9.37. The van der Waals surface area contributed by atoms with Crippen molar-refractivity contribution in [1.29, 1.82) is 0 Å². The van der Waals surface area contributed by atoms with Crippen LogP contribution in [0.5, 0.6) is 0 Å². The van der Waals surface area contributed by atoms with Crippen molar-refractivity contribution in [1.82, 2.24) is 0 Å². The van der Waals surface area contributed by atoms with E-state index in [1.165, 1.54) is 38.5 Å². The van der Waals surface area contributed by atoms with E-state index in [2.05, 4.69) is 34.6 Å². The SMILES string of the molecule is CC(C)(C)CC1CC(CC(C)(C)CCOCC(O)CO)C2CCCC12. The average Bonchev–Trinajstić information content (AvgIpc) is 3.07. The fourth-order valence-electron chi connectivity index (χ4n) is 5.61. The summed E-state index contributed by atoms with van der Waals surface area (Å²) >= 11 is 0. The molecule has 148 valence electrons. The Hall–Kier alpha value is -0.120. The second-order valence-electron chi connectivity index (χ2n) is 10.8.